The van der Waals surface area contributed by atoms with Gasteiger partial charge in [0, 0.05) is 18.2 Å². The number of amidine groups is 1. The third-order valence-electron chi connectivity index (χ3n) is 4.17. The molecule has 2 heterocycles. The number of fused-ring (bicyclic) bond motifs is 1. The van der Waals surface area contributed by atoms with Gasteiger partial charge in [-0.1, -0.05) is 48.5 Å². The molecule has 0 N–H and O–H groups in total. The zero-order valence-electron chi connectivity index (χ0n) is 13.2. The monoisotopic (exact) mass is 352 g/mol. The third-order valence-corrected chi connectivity index (χ3v) is 7.42. The Morgan fingerprint density at radius 2 is 2.00 bits per heavy atom. The molecule has 124 valence electrons. The summed E-state index contributed by atoms with van der Waals surface area (Å²) in [7, 11) is -3.00. The predicted octanol–water partition coefficient (Wildman–Crippen LogP) is 2.00. The van der Waals surface area contributed by atoms with Crippen LogP contribution in [-0.4, -0.2) is 47.2 Å². The van der Waals surface area contributed by atoms with Crippen LogP contribution in [-0.2, 0) is 21.2 Å². The van der Waals surface area contributed by atoms with Crippen LogP contribution >= 0.6 is 11.8 Å². The normalized spacial score (nSPS) is 27.4. The summed E-state index contributed by atoms with van der Waals surface area (Å²) in [5, 5.41) is 0.649. The molecule has 3 rings (SSSR count). The zero-order chi connectivity index (χ0) is 16.6. The molecule has 1 amide bonds. The van der Waals surface area contributed by atoms with Gasteiger partial charge in [-0.05, 0) is 12.5 Å². The van der Waals surface area contributed by atoms with Crippen LogP contribution < -0.4 is 0 Å². The first-order valence-electron chi connectivity index (χ1n) is 7.69. The molecule has 0 aliphatic carbocycles. The number of aryl methyl sites for hydroxylation is 1. The number of nitrogens with zero attached hydrogens (tertiary/aromatic N) is 2. The van der Waals surface area contributed by atoms with Crippen molar-refractivity contribution in [3.05, 3.63) is 35.4 Å². The van der Waals surface area contributed by atoms with Gasteiger partial charge in [0.15, 0.2) is 15.0 Å². The van der Waals surface area contributed by atoms with Crippen LogP contribution in [0.2, 0.25) is 0 Å². The van der Waals surface area contributed by atoms with Gasteiger partial charge in [0.2, 0.25) is 5.91 Å². The van der Waals surface area contributed by atoms with Crippen LogP contribution in [0, 0.1) is 6.92 Å². The number of carbonyl (C=O) groups is 1. The van der Waals surface area contributed by atoms with Crippen LogP contribution in [0.3, 0.4) is 0 Å². The van der Waals surface area contributed by atoms with Gasteiger partial charge in [-0.15, -0.1) is 0 Å². The SMILES string of the molecule is CCC(=O)N=C1S[C@H]2CS(=O)(=O)C[C@H]2N1Cc1ccc(C)cc1. The first-order valence-corrected chi connectivity index (χ1v) is 10.4. The topological polar surface area (TPSA) is 66.8 Å². The number of benzene rings is 1. The lowest BCUT2D eigenvalue weighted by Crippen LogP contribution is -2.37. The highest BCUT2D eigenvalue weighted by Gasteiger charge is 2.48. The van der Waals surface area contributed by atoms with Gasteiger partial charge in [-0.2, -0.15) is 4.99 Å². The van der Waals surface area contributed by atoms with E-state index in [0.717, 1.165) is 5.56 Å². The molecule has 0 spiro atoms. The van der Waals surface area contributed by atoms with Crippen molar-refractivity contribution in [2.75, 3.05) is 11.5 Å². The van der Waals surface area contributed by atoms with E-state index in [4.69, 9.17) is 0 Å². The van der Waals surface area contributed by atoms with Crippen LogP contribution in [0.5, 0.6) is 0 Å². The molecule has 0 bridgehead atoms. The van der Waals surface area contributed by atoms with Crippen molar-refractivity contribution < 1.29 is 13.2 Å². The van der Waals surface area contributed by atoms with Crippen molar-refractivity contribution >= 4 is 32.7 Å². The fourth-order valence-corrected chi connectivity index (χ4v) is 6.86. The molecule has 2 saturated heterocycles. The number of hydrogen-bond acceptors (Lipinski definition) is 4. The summed E-state index contributed by atoms with van der Waals surface area (Å²) in [5.74, 6) is 0.159. The number of hydrogen-bond donors (Lipinski definition) is 0. The second-order valence-corrected chi connectivity index (χ2v) is 9.42. The molecule has 7 heteroatoms. The van der Waals surface area contributed by atoms with Crippen molar-refractivity contribution in [1.29, 1.82) is 0 Å². The lowest BCUT2D eigenvalue weighted by molar-refractivity contribution is -0.117. The molecule has 1 aromatic rings. The van der Waals surface area contributed by atoms with Crippen LogP contribution in [0.4, 0.5) is 0 Å². The van der Waals surface area contributed by atoms with Crippen LogP contribution in [0.25, 0.3) is 0 Å². The molecule has 2 fully saturated rings. The average Bonchev–Trinajstić information content (AvgIpc) is 2.94. The molecule has 0 radical (unpaired) electrons. The van der Waals surface area contributed by atoms with E-state index in [1.165, 1.54) is 17.3 Å². The Bertz CT molecular complexity index is 741. The summed E-state index contributed by atoms with van der Waals surface area (Å²) in [5.41, 5.74) is 2.28. The molecule has 2 atom stereocenters. The van der Waals surface area contributed by atoms with Gasteiger partial charge in [-0.3, -0.25) is 4.79 Å². The summed E-state index contributed by atoms with van der Waals surface area (Å²) < 4.78 is 23.9. The molecule has 5 nitrogen and oxygen atoms in total. The van der Waals surface area contributed by atoms with E-state index in [-0.39, 0.29) is 28.7 Å². The van der Waals surface area contributed by atoms with Crippen molar-refractivity contribution in [1.82, 2.24) is 4.90 Å². The fraction of sp³-hybridized carbons (Fsp3) is 0.500. The Balaban J connectivity index is 1.88. The Labute approximate surface area is 141 Å². The standard InChI is InChI=1S/C16H20N2O3S2/c1-3-15(19)17-16-18(8-12-6-4-11(2)5-7-12)13-9-23(20,21)10-14(13)22-16/h4-7,13-14H,3,8-10H2,1-2H3/t13-,14+/m1/s1. The Morgan fingerprint density at radius 1 is 1.30 bits per heavy atom. The summed E-state index contributed by atoms with van der Waals surface area (Å²) in [6, 6.07) is 8.06. The molecule has 2 aliphatic rings. The third kappa shape index (κ3) is 3.61. The minimum absolute atomic E-state index is 0.0196. The van der Waals surface area contributed by atoms with E-state index in [0.29, 0.717) is 18.1 Å². The van der Waals surface area contributed by atoms with Gasteiger partial charge < -0.3 is 4.90 Å². The average molecular weight is 352 g/mol. The van der Waals surface area contributed by atoms with Gasteiger partial charge in [0.05, 0.1) is 17.5 Å². The van der Waals surface area contributed by atoms with E-state index in [1.807, 2.05) is 36.1 Å². The fourth-order valence-electron chi connectivity index (χ4n) is 2.90. The molecule has 0 saturated carbocycles. The number of amides is 1. The van der Waals surface area contributed by atoms with E-state index in [1.54, 1.807) is 6.92 Å². The Kier molecular flexibility index (Phi) is 4.51. The number of rotatable bonds is 3. The Morgan fingerprint density at radius 3 is 2.65 bits per heavy atom. The smallest absolute Gasteiger partial charge is 0.247 e. The van der Waals surface area contributed by atoms with Gasteiger partial charge in [0.25, 0.3) is 0 Å². The van der Waals surface area contributed by atoms with E-state index in [2.05, 4.69) is 4.99 Å². The lowest BCUT2D eigenvalue weighted by Gasteiger charge is -2.24. The summed E-state index contributed by atoms with van der Waals surface area (Å²) in [6.07, 6.45) is 0.357. The van der Waals surface area contributed by atoms with Crippen molar-refractivity contribution in [3.63, 3.8) is 0 Å². The molecule has 0 unspecified atom stereocenters. The highest BCUT2D eigenvalue weighted by molar-refractivity contribution is 8.15. The maximum Gasteiger partial charge on any atom is 0.247 e. The van der Waals surface area contributed by atoms with Gasteiger partial charge in [-0.25, -0.2) is 8.42 Å². The second kappa shape index (κ2) is 6.28. The first kappa shape index (κ1) is 16.5. The lowest BCUT2D eigenvalue weighted by atomic mass is 10.1. The largest absolute Gasteiger partial charge is 0.342 e. The van der Waals surface area contributed by atoms with Crippen molar-refractivity contribution in [3.8, 4) is 0 Å². The molecule has 23 heavy (non-hydrogen) atoms. The zero-order valence-corrected chi connectivity index (χ0v) is 14.9. The summed E-state index contributed by atoms with van der Waals surface area (Å²) in [4.78, 5) is 17.9. The molecular formula is C16H20N2O3S2. The highest BCUT2D eigenvalue weighted by atomic mass is 32.2. The van der Waals surface area contributed by atoms with Crippen LogP contribution in [0.1, 0.15) is 24.5 Å². The van der Waals surface area contributed by atoms with Crippen LogP contribution in [0.15, 0.2) is 29.3 Å². The highest BCUT2D eigenvalue weighted by Crippen LogP contribution is 2.39. The number of carbonyl (C=O) groups excluding carboxylic acids is 1. The number of sulfone groups is 1. The maximum absolute atomic E-state index is 11.9. The minimum atomic E-state index is -3.00. The molecule has 0 aromatic heterocycles. The number of thioether (sulfide) groups is 1. The summed E-state index contributed by atoms with van der Waals surface area (Å²) in [6.45, 7) is 4.39. The molecule has 1 aromatic carbocycles. The minimum Gasteiger partial charge on any atom is -0.342 e. The van der Waals surface area contributed by atoms with E-state index < -0.39 is 9.84 Å². The quantitative estimate of drug-likeness (QED) is 0.832. The first-order chi connectivity index (χ1) is 10.9. The Hall–Kier alpha value is -1.34. The van der Waals surface area contributed by atoms with E-state index in [9.17, 15) is 13.2 Å². The maximum atomic E-state index is 11.9. The molecular weight excluding hydrogens is 332 g/mol. The van der Waals surface area contributed by atoms with Gasteiger partial charge in [0.1, 0.15) is 0 Å². The molecule has 2 aliphatic heterocycles. The second-order valence-electron chi connectivity index (χ2n) is 6.06. The van der Waals surface area contributed by atoms with Crippen molar-refractivity contribution in [2.24, 2.45) is 4.99 Å². The van der Waals surface area contributed by atoms with E-state index >= 15 is 0 Å². The summed E-state index contributed by atoms with van der Waals surface area (Å²) >= 11 is 1.43. The van der Waals surface area contributed by atoms with Crippen molar-refractivity contribution in [2.45, 2.75) is 38.1 Å². The van der Waals surface area contributed by atoms with Gasteiger partial charge >= 0.3 is 0 Å². The predicted molar refractivity (Wildman–Crippen MR) is 93.3 cm³/mol. The number of aliphatic imine (C=N–C) groups is 1.